The minimum atomic E-state index is -0.368. The van der Waals surface area contributed by atoms with Crippen LogP contribution in [0.5, 0.6) is 0 Å². The molecule has 2 heterocycles. The zero-order valence-corrected chi connectivity index (χ0v) is 18.0. The fraction of sp³-hybridized carbons (Fsp3) is 0.667. The minimum absolute atomic E-state index is 0.0396. The molecule has 1 atom stereocenters. The van der Waals surface area contributed by atoms with E-state index >= 15 is 0 Å². The molecule has 2 aliphatic heterocycles. The number of amides is 1. The molecule has 2 fully saturated rings. The van der Waals surface area contributed by atoms with E-state index in [-0.39, 0.29) is 17.1 Å². The third-order valence-electron chi connectivity index (χ3n) is 6.41. The quantitative estimate of drug-likeness (QED) is 0.579. The monoisotopic (exact) mass is 384 g/mol. The number of piperidine rings is 2. The molecule has 0 saturated carbocycles. The molecule has 0 N–H and O–H groups in total. The van der Waals surface area contributed by atoms with Crippen LogP contribution < -0.4 is 0 Å². The van der Waals surface area contributed by atoms with Crippen molar-refractivity contribution in [2.24, 2.45) is 11.8 Å². The van der Waals surface area contributed by atoms with Crippen molar-refractivity contribution in [3.05, 3.63) is 35.4 Å². The molecule has 0 bridgehead atoms. The van der Waals surface area contributed by atoms with E-state index in [4.69, 9.17) is 0 Å². The molecule has 0 aliphatic carbocycles. The molecule has 1 unspecified atom stereocenters. The Kier molecular flexibility index (Phi) is 6.59. The Morgan fingerprint density at radius 1 is 1.00 bits per heavy atom. The summed E-state index contributed by atoms with van der Waals surface area (Å²) in [7, 11) is 0. The van der Waals surface area contributed by atoms with Crippen LogP contribution >= 0.6 is 0 Å². The number of nitrogens with zero attached hydrogens (tertiary/aromatic N) is 2. The Hall–Kier alpha value is -1.68. The van der Waals surface area contributed by atoms with Gasteiger partial charge in [0.15, 0.2) is 0 Å². The molecule has 3 rings (SSSR count). The van der Waals surface area contributed by atoms with E-state index < -0.39 is 0 Å². The molecule has 28 heavy (non-hydrogen) atoms. The lowest BCUT2D eigenvalue weighted by Crippen LogP contribution is -2.47. The Balaban J connectivity index is 1.57. The number of hydrogen-bond acceptors (Lipinski definition) is 3. The van der Waals surface area contributed by atoms with Crippen LogP contribution in [0.25, 0.3) is 0 Å². The zero-order chi connectivity index (χ0) is 20.3. The topological polar surface area (TPSA) is 40.6 Å². The van der Waals surface area contributed by atoms with Crippen molar-refractivity contribution < 1.29 is 9.59 Å². The van der Waals surface area contributed by atoms with Crippen molar-refractivity contribution in [2.75, 3.05) is 32.7 Å². The molecule has 154 valence electrons. The molecule has 1 amide bonds. The number of benzene rings is 1. The lowest BCUT2D eigenvalue weighted by molar-refractivity contribution is -0.128. The van der Waals surface area contributed by atoms with Gasteiger partial charge in [-0.15, -0.1) is 0 Å². The van der Waals surface area contributed by atoms with Crippen LogP contribution in [0.1, 0.15) is 69.3 Å². The summed E-state index contributed by atoms with van der Waals surface area (Å²) in [6, 6.07) is 7.54. The average Bonchev–Trinajstić information content (AvgIpc) is 2.68. The van der Waals surface area contributed by atoms with E-state index in [1.54, 1.807) is 17.0 Å². The van der Waals surface area contributed by atoms with Crippen LogP contribution in [-0.4, -0.2) is 54.2 Å². The van der Waals surface area contributed by atoms with Crippen LogP contribution in [-0.2, 0) is 10.2 Å². The first-order valence-electron chi connectivity index (χ1n) is 10.9. The molecule has 2 saturated heterocycles. The molecule has 1 aromatic carbocycles. The fourth-order valence-corrected chi connectivity index (χ4v) is 4.40. The van der Waals surface area contributed by atoms with Crippen LogP contribution in [0.4, 0.5) is 0 Å². The van der Waals surface area contributed by atoms with Gasteiger partial charge in [0.25, 0.3) is 5.91 Å². The summed E-state index contributed by atoms with van der Waals surface area (Å²) < 4.78 is 0. The Bertz CT molecular complexity index is 682. The van der Waals surface area contributed by atoms with Crippen LogP contribution in [0.3, 0.4) is 0 Å². The lowest BCUT2D eigenvalue weighted by atomic mass is 9.86. The summed E-state index contributed by atoms with van der Waals surface area (Å²) in [5.41, 5.74) is 1.72. The first-order valence-corrected chi connectivity index (χ1v) is 10.9. The maximum atomic E-state index is 12.8. The Morgan fingerprint density at radius 3 is 2.25 bits per heavy atom. The van der Waals surface area contributed by atoms with E-state index in [1.807, 2.05) is 12.1 Å². The molecule has 1 aromatic rings. The highest BCUT2D eigenvalue weighted by Gasteiger charge is 2.30. The predicted molar refractivity (Wildman–Crippen MR) is 114 cm³/mol. The summed E-state index contributed by atoms with van der Waals surface area (Å²) >= 11 is 0. The second-order valence-corrected chi connectivity index (χ2v) is 9.90. The fourth-order valence-electron chi connectivity index (χ4n) is 4.40. The van der Waals surface area contributed by atoms with Gasteiger partial charge in [-0.3, -0.25) is 9.59 Å². The third kappa shape index (κ3) is 5.22. The molecule has 4 nitrogen and oxygen atoms in total. The second-order valence-electron chi connectivity index (χ2n) is 9.90. The van der Waals surface area contributed by atoms with E-state index in [0.717, 1.165) is 31.8 Å². The van der Waals surface area contributed by atoms with Crippen LogP contribution in [0.15, 0.2) is 24.3 Å². The van der Waals surface area contributed by atoms with Gasteiger partial charge in [-0.05, 0) is 61.6 Å². The van der Waals surface area contributed by atoms with E-state index in [0.29, 0.717) is 18.0 Å². The highest BCUT2D eigenvalue weighted by atomic mass is 16.2. The summed E-state index contributed by atoms with van der Waals surface area (Å²) in [6.45, 7) is 13.6. The highest BCUT2D eigenvalue weighted by Crippen LogP contribution is 2.24. The maximum absolute atomic E-state index is 12.8. The zero-order valence-electron chi connectivity index (χ0n) is 18.0. The molecular formula is C24H36N2O2. The summed E-state index contributed by atoms with van der Waals surface area (Å²) in [5.74, 6) is 0.624. The van der Waals surface area contributed by atoms with Gasteiger partial charge >= 0.3 is 0 Å². The van der Waals surface area contributed by atoms with E-state index in [2.05, 4.69) is 32.6 Å². The summed E-state index contributed by atoms with van der Waals surface area (Å²) in [5, 5.41) is 0. The van der Waals surface area contributed by atoms with Crippen molar-refractivity contribution in [1.82, 2.24) is 9.80 Å². The van der Waals surface area contributed by atoms with Gasteiger partial charge in [0, 0.05) is 25.2 Å². The minimum Gasteiger partial charge on any atom is -0.335 e. The highest BCUT2D eigenvalue weighted by molar-refractivity contribution is 6.42. The number of carbonyl (C=O) groups is 2. The summed E-state index contributed by atoms with van der Waals surface area (Å²) in [4.78, 5) is 29.9. The molecular weight excluding hydrogens is 348 g/mol. The van der Waals surface area contributed by atoms with Gasteiger partial charge < -0.3 is 9.80 Å². The van der Waals surface area contributed by atoms with Crippen molar-refractivity contribution >= 4 is 11.7 Å². The van der Waals surface area contributed by atoms with Crippen molar-refractivity contribution in [2.45, 2.75) is 58.8 Å². The number of ketones is 1. The lowest BCUT2D eigenvalue weighted by Gasteiger charge is -2.37. The second kappa shape index (κ2) is 8.77. The SMILES string of the molecule is CC1CCN(CC2CCCN(C(=O)C(=O)c3ccc(C(C)(C)C)cc3)C2)CC1. The van der Waals surface area contributed by atoms with Crippen LogP contribution in [0.2, 0.25) is 0 Å². The summed E-state index contributed by atoms with van der Waals surface area (Å²) in [6.07, 6.45) is 4.71. The van der Waals surface area contributed by atoms with Crippen molar-refractivity contribution in [1.29, 1.82) is 0 Å². The maximum Gasteiger partial charge on any atom is 0.294 e. The van der Waals surface area contributed by atoms with Crippen molar-refractivity contribution in [3.8, 4) is 0 Å². The average molecular weight is 385 g/mol. The number of Topliss-reactive ketones (excluding diaryl/α,β-unsaturated/α-hetero) is 1. The third-order valence-corrected chi connectivity index (χ3v) is 6.41. The normalized spacial score (nSPS) is 22.3. The molecule has 0 aromatic heterocycles. The molecule has 2 aliphatic rings. The van der Waals surface area contributed by atoms with Gasteiger partial charge in [-0.1, -0.05) is 52.0 Å². The van der Waals surface area contributed by atoms with Gasteiger partial charge in [0.05, 0.1) is 0 Å². The van der Waals surface area contributed by atoms with Gasteiger partial charge in [0.2, 0.25) is 5.78 Å². The van der Waals surface area contributed by atoms with Crippen LogP contribution in [0, 0.1) is 11.8 Å². The Labute approximate surface area is 170 Å². The number of hydrogen-bond donors (Lipinski definition) is 0. The van der Waals surface area contributed by atoms with E-state index in [1.165, 1.54) is 31.5 Å². The number of likely N-dealkylation sites (tertiary alicyclic amines) is 2. The van der Waals surface area contributed by atoms with Gasteiger partial charge in [-0.2, -0.15) is 0 Å². The molecule has 0 radical (unpaired) electrons. The first-order chi connectivity index (χ1) is 13.2. The molecule has 4 heteroatoms. The first kappa shape index (κ1) is 21.0. The standard InChI is InChI=1S/C24H36N2O2/c1-18-11-14-25(15-12-18)16-19-6-5-13-26(17-19)23(28)22(27)20-7-9-21(10-8-20)24(2,3)4/h7-10,18-19H,5-6,11-17H2,1-4H3. The van der Waals surface area contributed by atoms with E-state index in [9.17, 15) is 9.59 Å². The predicted octanol–water partition coefficient (Wildman–Crippen LogP) is 4.14. The largest absolute Gasteiger partial charge is 0.335 e. The number of carbonyl (C=O) groups excluding carboxylic acids is 2. The Morgan fingerprint density at radius 2 is 1.64 bits per heavy atom. The smallest absolute Gasteiger partial charge is 0.294 e. The van der Waals surface area contributed by atoms with Gasteiger partial charge in [0.1, 0.15) is 0 Å². The number of rotatable bonds is 4. The van der Waals surface area contributed by atoms with Gasteiger partial charge in [-0.25, -0.2) is 0 Å². The van der Waals surface area contributed by atoms with Crippen molar-refractivity contribution in [3.63, 3.8) is 0 Å². The molecule has 0 spiro atoms.